The van der Waals surface area contributed by atoms with Crippen molar-refractivity contribution in [3.05, 3.63) is 65.5 Å². The first-order valence-corrected chi connectivity index (χ1v) is 9.71. The lowest BCUT2D eigenvalue weighted by Gasteiger charge is -2.23. The van der Waals surface area contributed by atoms with E-state index in [1.54, 1.807) is 42.5 Å². The Morgan fingerprint density at radius 3 is 2.45 bits per heavy atom. The molecule has 1 atom stereocenters. The van der Waals surface area contributed by atoms with Gasteiger partial charge in [-0.1, -0.05) is 18.2 Å². The van der Waals surface area contributed by atoms with E-state index in [1.807, 2.05) is 0 Å². The number of carbonyl (C=O) groups excluding carboxylic acids is 2. The SMILES string of the molecule is Cl.O=C(NCc1ccccc1F)c1ccc(NC(=O)C2CC23CCNCC3)cc1. The van der Waals surface area contributed by atoms with Gasteiger partial charge in [-0.15, -0.1) is 12.4 Å². The summed E-state index contributed by atoms with van der Waals surface area (Å²) in [5, 5.41) is 9.02. The van der Waals surface area contributed by atoms with Gasteiger partial charge in [0.15, 0.2) is 0 Å². The second-order valence-corrected chi connectivity index (χ2v) is 7.71. The fourth-order valence-corrected chi connectivity index (χ4v) is 4.05. The summed E-state index contributed by atoms with van der Waals surface area (Å²) >= 11 is 0. The lowest BCUT2D eigenvalue weighted by atomic mass is 9.92. The molecular formula is C22H25ClFN3O2. The predicted octanol–water partition coefficient (Wildman–Crippen LogP) is 3.51. The van der Waals surface area contributed by atoms with Gasteiger partial charge in [0.05, 0.1) is 0 Å². The maximum absolute atomic E-state index is 13.6. The van der Waals surface area contributed by atoms with E-state index >= 15 is 0 Å². The third-order valence-electron chi connectivity index (χ3n) is 5.92. The van der Waals surface area contributed by atoms with Crippen LogP contribution in [0.2, 0.25) is 0 Å². The molecule has 3 N–H and O–H groups in total. The Morgan fingerprint density at radius 1 is 1.07 bits per heavy atom. The molecule has 29 heavy (non-hydrogen) atoms. The van der Waals surface area contributed by atoms with Crippen LogP contribution >= 0.6 is 12.4 Å². The zero-order chi connectivity index (χ0) is 19.6. The third-order valence-corrected chi connectivity index (χ3v) is 5.92. The van der Waals surface area contributed by atoms with Crippen molar-refractivity contribution in [2.45, 2.75) is 25.8 Å². The molecule has 2 fully saturated rings. The Morgan fingerprint density at radius 2 is 1.76 bits per heavy atom. The van der Waals surface area contributed by atoms with Gasteiger partial charge in [0.2, 0.25) is 5.91 Å². The van der Waals surface area contributed by atoms with Crippen molar-refractivity contribution in [3.63, 3.8) is 0 Å². The van der Waals surface area contributed by atoms with Crippen LogP contribution in [0.3, 0.4) is 0 Å². The quantitative estimate of drug-likeness (QED) is 0.697. The maximum Gasteiger partial charge on any atom is 0.251 e. The van der Waals surface area contributed by atoms with Crippen molar-refractivity contribution in [1.82, 2.24) is 10.6 Å². The van der Waals surface area contributed by atoms with E-state index in [-0.39, 0.29) is 47.9 Å². The first-order valence-electron chi connectivity index (χ1n) is 9.71. The summed E-state index contributed by atoms with van der Waals surface area (Å²) in [6, 6.07) is 13.1. The van der Waals surface area contributed by atoms with Gasteiger partial charge in [0.25, 0.3) is 5.91 Å². The summed E-state index contributed by atoms with van der Waals surface area (Å²) in [4.78, 5) is 24.8. The van der Waals surface area contributed by atoms with Crippen LogP contribution in [0.25, 0.3) is 0 Å². The highest BCUT2D eigenvalue weighted by Gasteiger charge is 2.57. The minimum absolute atomic E-state index is 0. The lowest BCUT2D eigenvalue weighted by molar-refractivity contribution is -0.118. The highest BCUT2D eigenvalue weighted by Crippen LogP contribution is 2.58. The average Bonchev–Trinajstić information content (AvgIpc) is 3.41. The minimum atomic E-state index is -0.340. The van der Waals surface area contributed by atoms with E-state index in [0.717, 1.165) is 32.4 Å². The molecule has 2 aliphatic rings. The normalized spacial score (nSPS) is 19.1. The van der Waals surface area contributed by atoms with Gasteiger partial charge >= 0.3 is 0 Å². The molecule has 0 bridgehead atoms. The molecule has 1 spiro atoms. The zero-order valence-electron chi connectivity index (χ0n) is 16.0. The van der Waals surface area contributed by atoms with Crippen LogP contribution < -0.4 is 16.0 Å². The molecule has 154 valence electrons. The summed E-state index contributed by atoms with van der Waals surface area (Å²) in [6.45, 7) is 2.10. The van der Waals surface area contributed by atoms with Crippen molar-refractivity contribution < 1.29 is 14.0 Å². The first-order chi connectivity index (χ1) is 13.6. The van der Waals surface area contributed by atoms with E-state index in [1.165, 1.54) is 6.07 Å². The van der Waals surface area contributed by atoms with E-state index in [2.05, 4.69) is 16.0 Å². The Balaban J connectivity index is 0.00000240. The van der Waals surface area contributed by atoms with Gasteiger partial charge in [-0.2, -0.15) is 0 Å². The molecule has 1 aliphatic heterocycles. The Kier molecular flexibility index (Phi) is 6.55. The monoisotopic (exact) mass is 417 g/mol. The number of halogens is 2. The van der Waals surface area contributed by atoms with Crippen LogP contribution in [-0.4, -0.2) is 24.9 Å². The van der Waals surface area contributed by atoms with Crippen molar-refractivity contribution in [1.29, 1.82) is 0 Å². The molecule has 1 saturated heterocycles. The molecule has 0 aromatic heterocycles. The second kappa shape index (κ2) is 8.93. The number of benzene rings is 2. The molecule has 2 aromatic rings. The molecule has 1 heterocycles. The first kappa shape index (κ1) is 21.3. The molecule has 2 aromatic carbocycles. The van der Waals surface area contributed by atoms with E-state index < -0.39 is 0 Å². The lowest BCUT2D eigenvalue weighted by Crippen LogP contribution is -2.31. The van der Waals surface area contributed by atoms with E-state index in [4.69, 9.17) is 0 Å². The average molecular weight is 418 g/mol. The van der Waals surface area contributed by atoms with Crippen molar-refractivity contribution in [3.8, 4) is 0 Å². The van der Waals surface area contributed by atoms with Crippen LogP contribution in [0.4, 0.5) is 10.1 Å². The van der Waals surface area contributed by atoms with Crippen LogP contribution in [-0.2, 0) is 11.3 Å². The zero-order valence-corrected chi connectivity index (χ0v) is 16.9. The van der Waals surface area contributed by atoms with Crippen molar-refractivity contribution in [2.75, 3.05) is 18.4 Å². The molecule has 0 radical (unpaired) electrons. The molecule has 1 saturated carbocycles. The fraction of sp³-hybridized carbons (Fsp3) is 0.364. The van der Waals surface area contributed by atoms with Gasteiger partial charge in [0, 0.05) is 29.3 Å². The molecule has 4 rings (SSSR count). The molecule has 5 nitrogen and oxygen atoms in total. The number of hydrogen-bond donors (Lipinski definition) is 3. The third kappa shape index (κ3) is 4.77. The number of piperidine rings is 1. The second-order valence-electron chi connectivity index (χ2n) is 7.71. The van der Waals surface area contributed by atoms with Crippen molar-refractivity contribution in [2.24, 2.45) is 11.3 Å². The number of hydrogen-bond acceptors (Lipinski definition) is 3. The van der Waals surface area contributed by atoms with Crippen LogP contribution in [0.1, 0.15) is 35.2 Å². The Bertz CT molecular complexity index is 882. The van der Waals surface area contributed by atoms with E-state index in [0.29, 0.717) is 16.8 Å². The van der Waals surface area contributed by atoms with E-state index in [9.17, 15) is 14.0 Å². The van der Waals surface area contributed by atoms with Crippen LogP contribution in [0, 0.1) is 17.2 Å². The largest absolute Gasteiger partial charge is 0.348 e. The summed E-state index contributed by atoms with van der Waals surface area (Å²) in [6.07, 6.45) is 3.09. The summed E-state index contributed by atoms with van der Waals surface area (Å²) in [7, 11) is 0. The topological polar surface area (TPSA) is 70.2 Å². The van der Waals surface area contributed by atoms with Gasteiger partial charge in [-0.05, 0) is 68.1 Å². The smallest absolute Gasteiger partial charge is 0.251 e. The number of carbonyl (C=O) groups is 2. The molecular weight excluding hydrogens is 393 g/mol. The van der Waals surface area contributed by atoms with Gasteiger partial charge < -0.3 is 16.0 Å². The maximum atomic E-state index is 13.6. The number of anilines is 1. The molecule has 1 aliphatic carbocycles. The predicted molar refractivity (Wildman–Crippen MR) is 113 cm³/mol. The van der Waals surface area contributed by atoms with Crippen LogP contribution in [0.15, 0.2) is 48.5 Å². The fourth-order valence-electron chi connectivity index (χ4n) is 4.05. The molecule has 2 amide bonds. The van der Waals surface area contributed by atoms with Gasteiger partial charge in [-0.25, -0.2) is 4.39 Å². The van der Waals surface area contributed by atoms with Gasteiger partial charge in [0.1, 0.15) is 5.82 Å². The Hall–Kier alpha value is -2.44. The van der Waals surface area contributed by atoms with Crippen LogP contribution in [0.5, 0.6) is 0 Å². The highest BCUT2D eigenvalue weighted by molar-refractivity contribution is 5.97. The standard InChI is InChI=1S/C22H24FN3O2.ClH/c23-19-4-2-1-3-16(19)14-25-20(27)15-5-7-17(8-6-15)26-21(28)18-13-22(18)9-11-24-12-10-22;/h1-8,18,24H,9-14H2,(H,25,27)(H,26,28);1H. The minimum Gasteiger partial charge on any atom is -0.348 e. The molecule has 1 unspecified atom stereocenters. The Labute approximate surface area is 175 Å². The molecule has 7 heteroatoms. The summed E-state index contributed by atoms with van der Waals surface area (Å²) in [5.74, 6) is -0.457. The van der Waals surface area contributed by atoms with Crippen molar-refractivity contribution >= 4 is 29.9 Å². The number of nitrogens with one attached hydrogen (secondary N) is 3. The number of rotatable bonds is 5. The van der Waals surface area contributed by atoms with Gasteiger partial charge in [-0.3, -0.25) is 9.59 Å². The number of amides is 2. The summed E-state index contributed by atoms with van der Waals surface area (Å²) < 4.78 is 13.6. The highest BCUT2D eigenvalue weighted by atomic mass is 35.5. The summed E-state index contributed by atoms with van der Waals surface area (Å²) in [5.41, 5.74) is 1.79.